The van der Waals surface area contributed by atoms with E-state index >= 15 is 0 Å². The Morgan fingerprint density at radius 2 is 1.23 bits per heavy atom. The normalized spacial score (nSPS) is 13.2. The van der Waals surface area contributed by atoms with Gasteiger partial charge in [-0.05, 0) is 42.4 Å². The molecule has 0 bridgehead atoms. The average Bonchev–Trinajstić information content (AvgIpc) is 2.61. The second kappa shape index (κ2) is 7.65. The molecule has 0 atom stereocenters. The highest BCUT2D eigenvalue weighted by molar-refractivity contribution is 5.98. The lowest BCUT2D eigenvalue weighted by molar-refractivity contribution is 0.460. The van der Waals surface area contributed by atoms with E-state index in [0.29, 0.717) is 34.8 Å². The molecule has 26 heavy (non-hydrogen) atoms. The van der Waals surface area contributed by atoms with Gasteiger partial charge in [0.15, 0.2) is 5.58 Å². The zero-order valence-electron chi connectivity index (χ0n) is 16.3. The molecule has 0 spiro atoms. The molecular formula is C22H28O4. The van der Waals surface area contributed by atoms with Crippen LogP contribution < -0.4 is 21.9 Å². The summed E-state index contributed by atoms with van der Waals surface area (Å²) < 4.78 is 11.5. The molecule has 0 aliphatic heterocycles. The monoisotopic (exact) mass is 356 g/mol. The van der Waals surface area contributed by atoms with Gasteiger partial charge in [-0.3, -0.25) is 0 Å². The Kier molecular flexibility index (Phi) is 5.49. The molecule has 3 rings (SSSR count). The minimum atomic E-state index is -0.368. The zero-order chi connectivity index (χ0) is 18.8. The molecule has 2 aromatic heterocycles. The van der Waals surface area contributed by atoms with Crippen molar-refractivity contribution < 1.29 is 8.83 Å². The van der Waals surface area contributed by atoms with Gasteiger partial charge in [0, 0.05) is 5.56 Å². The van der Waals surface area contributed by atoms with Gasteiger partial charge in [-0.25, -0.2) is 9.59 Å². The summed E-state index contributed by atoms with van der Waals surface area (Å²) in [6.07, 6.45) is 6.81. The third-order valence-corrected chi connectivity index (χ3v) is 5.13. The number of aryl methyl sites for hydroxylation is 1. The topological polar surface area (TPSA) is 60.4 Å². The molecule has 2 heterocycles. The Morgan fingerprint density at radius 3 is 1.85 bits per heavy atom. The average molecular weight is 356 g/mol. The SMILES string of the molecule is CCCC1=c2oc(=O)c3c(CCC)c(CCC)c(=O)oc3c2=C1CCC. The summed E-state index contributed by atoms with van der Waals surface area (Å²) in [5.74, 6) is 0. The molecular weight excluding hydrogens is 328 g/mol. The van der Waals surface area contributed by atoms with Gasteiger partial charge < -0.3 is 8.83 Å². The van der Waals surface area contributed by atoms with Gasteiger partial charge >= 0.3 is 11.3 Å². The fourth-order valence-electron chi connectivity index (χ4n) is 4.09. The van der Waals surface area contributed by atoms with Gasteiger partial charge in [-0.2, -0.15) is 0 Å². The number of hydrogen-bond donors (Lipinski definition) is 0. The quantitative estimate of drug-likeness (QED) is 0.725. The van der Waals surface area contributed by atoms with E-state index in [1.807, 2.05) is 6.92 Å². The molecule has 0 radical (unpaired) electrons. The second-order valence-corrected chi connectivity index (χ2v) is 7.10. The van der Waals surface area contributed by atoms with E-state index in [1.54, 1.807) is 0 Å². The van der Waals surface area contributed by atoms with Crippen LogP contribution in [-0.2, 0) is 12.8 Å². The van der Waals surface area contributed by atoms with Crippen molar-refractivity contribution in [1.82, 2.24) is 0 Å². The first-order valence-electron chi connectivity index (χ1n) is 9.97. The molecule has 0 saturated heterocycles. The fourth-order valence-corrected chi connectivity index (χ4v) is 4.09. The van der Waals surface area contributed by atoms with E-state index in [9.17, 15) is 9.59 Å². The van der Waals surface area contributed by atoms with Gasteiger partial charge in [-0.1, -0.05) is 53.4 Å². The lowest BCUT2D eigenvalue weighted by Gasteiger charge is -2.20. The molecule has 0 unspecified atom stereocenters. The van der Waals surface area contributed by atoms with E-state index in [-0.39, 0.29) is 11.3 Å². The summed E-state index contributed by atoms with van der Waals surface area (Å²) in [5.41, 5.74) is 4.23. The predicted molar refractivity (Wildman–Crippen MR) is 105 cm³/mol. The summed E-state index contributed by atoms with van der Waals surface area (Å²) in [6, 6.07) is 0. The highest BCUT2D eigenvalue weighted by Crippen LogP contribution is 2.27. The first-order chi connectivity index (χ1) is 12.6. The minimum absolute atomic E-state index is 0.296. The van der Waals surface area contributed by atoms with E-state index < -0.39 is 0 Å². The maximum absolute atomic E-state index is 12.8. The van der Waals surface area contributed by atoms with Gasteiger partial charge in [0.25, 0.3) is 0 Å². The molecule has 0 fully saturated rings. The lowest BCUT2D eigenvalue weighted by atomic mass is 9.87. The molecule has 0 aromatic carbocycles. The van der Waals surface area contributed by atoms with E-state index in [0.717, 1.165) is 54.9 Å². The van der Waals surface area contributed by atoms with Crippen molar-refractivity contribution in [1.29, 1.82) is 0 Å². The number of fused-ring (bicyclic) bond motifs is 3. The van der Waals surface area contributed by atoms with Gasteiger partial charge in [0.1, 0.15) is 10.8 Å². The molecule has 1 aliphatic carbocycles. The van der Waals surface area contributed by atoms with Crippen LogP contribution in [-0.4, -0.2) is 0 Å². The molecule has 0 N–H and O–H groups in total. The Labute approximate surface area is 153 Å². The lowest BCUT2D eigenvalue weighted by Crippen LogP contribution is -2.42. The molecule has 2 aromatic rings. The largest absolute Gasteiger partial charge is 0.422 e. The summed E-state index contributed by atoms with van der Waals surface area (Å²) in [4.78, 5) is 25.5. The van der Waals surface area contributed by atoms with Crippen LogP contribution in [0.15, 0.2) is 18.4 Å². The molecule has 4 nitrogen and oxygen atoms in total. The third kappa shape index (κ3) is 2.85. The standard InChI is InChI=1S/C22H28O4/c1-5-9-13-15(11-7-3)19-17(13)20-18(22(24)25-19)14(10-6-2)16(12-8-4)21(23)26-20/h5-12H2,1-4H3. The van der Waals surface area contributed by atoms with Crippen LogP contribution in [0.5, 0.6) is 0 Å². The van der Waals surface area contributed by atoms with E-state index in [4.69, 9.17) is 8.83 Å². The maximum Gasteiger partial charge on any atom is 0.347 e. The minimum Gasteiger partial charge on any atom is -0.422 e. The third-order valence-electron chi connectivity index (χ3n) is 5.13. The second-order valence-electron chi connectivity index (χ2n) is 7.10. The van der Waals surface area contributed by atoms with Crippen molar-refractivity contribution in [2.24, 2.45) is 0 Å². The predicted octanol–water partition coefficient (Wildman–Crippen LogP) is 3.57. The van der Waals surface area contributed by atoms with Crippen LogP contribution in [0.25, 0.3) is 22.1 Å². The molecule has 1 aliphatic rings. The van der Waals surface area contributed by atoms with Crippen LogP contribution in [0.1, 0.15) is 77.3 Å². The van der Waals surface area contributed by atoms with Crippen LogP contribution in [0, 0.1) is 0 Å². The van der Waals surface area contributed by atoms with Crippen LogP contribution in [0.4, 0.5) is 0 Å². The summed E-state index contributed by atoms with van der Waals surface area (Å²) in [7, 11) is 0. The summed E-state index contributed by atoms with van der Waals surface area (Å²) in [5, 5.41) is 1.35. The summed E-state index contributed by atoms with van der Waals surface area (Å²) in [6.45, 7) is 8.33. The van der Waals surface area contributed by atoms with Crippen molar-refractivity contribution in [2.45, 2.75) is 79.1 Å². The first kappa shape index (κ1) is 18.7. The van der Waals surface area contributed by atoms with Gasteiger partial charge in [0.05, 0.1) is 5.22 Å². The first-order valence-corrected chi connectivity index (χ1v) is 9.97. The van der Waals surface area contributed by atoms with Crippen molar-refractivity contribution in [2.75, 3.05) is 0 Å². The molecule has 0 saturated carbocycles. The van der Waals surface area contributed by atoms with Crippen molar-refractivity contribution in [3.63, 3.8) is 0 Å². The van der Waals surface area contributed by atoms with Gasteiger partial charge in [0.2, 0.25) is 0 Å². The Balaban J connectivity index is 2.47. The number of rotatable bonds is 8. The van der Waals surface area contributed by atoms with Crippen LogP contribution in [0.3, 0.4) is 0 Å². The highest BCUT2D eigenvalue weighted by atomic mass is 16.4. The Morgan fingerprint density at radius 1 is 0.654 bits per heavy atom. The van der Waals surface area contributed by atoms with E-state index in [2.05, 4.69) is 20.8 Å². The summed E-state index contributed by atoms with van der Waals surface area (Å²) >= 11 is 0. The zero-order valence-corrected chi connectivity index (χ0v) is 16.3. The van der Waals surface area contributed by atoms with Crippen LogP contribution >= 0.6 is 0 Å². The van der Waals surface area contributed by atoms with E-state index in [1.165, 1.54) is 5.57 Å². The molecule has 140 valence electrons. The number of hydrogen-bond acceptors (Lipinski definition) is 4. The van der Waals surface area contributed by atoms with Crippen molar-refractivity contribution in [3.8, 4) is 0 Å². The Bertz CT molecular complexity index is 1070. The maximum atomic E-state index is 12.8. The van der Waals surface area contributed by atoms with Crippen molar-refractivity contribution in [3.05, 3.63) is 42.6 Å². The van der Waals surface area contributed by atoms with Crippen molar-refractivity contribution >= 4 is 22.1 Å². The van der Waals surface area contributed by atoms with Crippen LogP contribution in [0.2, 0.25) is 0 Å². The molecule has 4 heteroatoms. The Hall–Kier alpha value is -2.10. The molecule has 0 amide bonds. The van der Waals surface area contributed by atoms with Gasteiger partial charge in [-0.15, -0.1) is 0 Å². The highest BCUT2D eigenvalue weighted by Gasteiger charge is 2.26. The fraction of sp³-hybridized carbons (Fsp3) is 0.545. The smallest absolute Gasteiger partial charge is 0.347 e.